The van der Waals surface area contributed by atoms with Crippen molar-refractivity contribution in [3.05, 3.63) is 100 Å². The van der Waals surface area contributed by atoms with Crippen LogP contribution in [-0.4, -0.2) is 37.7 Å². The minimum absolute atomic E-state index is 0.0716. The van der Waals surface area contributed by atoms with E-state index in [-0.39, 0.29) is 23.0 Å². The third-order valence-electron chi connectivity index (χ3n) is 6.63. The Morgan fingerprint density at radius 2 is 2.00 bits per heavy atom. The number of nitrogen functional groups attached to an aromatic ring is 1. The summed E-state index contributed by atoms with van der Waals surface area (Å²) in [5.41, 5.74) is 8.26. The van der Waals surface area contributed by atoms with E-state index in [9.17, 15) is 9.59 Å². The van der Waals surface area contributed by atoms with Crippen LogP contribution in [0.5, 0.6) is 0 Å². The number of rotatable bonds is 4. The maximum absolute atomic E-state index is 14.1. The van der Waals surface area contributed by atoms with Crippen molar-refractivity contribution in [2.24, 2.45) is 10.2 Å². The van der Waals surface area contributed by atoms with Crippen molar-refractivity contribution >= 4 is 28.1 Å². The van der Waals surface area contributed by atoms with Crippen LogP contribution in [0.25, 0.3) is 22.1 Å². The number of benzene rings is 2. The fourth-order valence-electron chi connectivity index (χ4n) is 4.77. The third kappa shape index (κ3) is 4.40. The molecule has 10 heteroatoms. The van der Waals surface area contributed by atoms with Gasteiger partial charge in [0.1, 0.15) is 11.6 Å². The second-order valence-electron chi connectivity index (χ2n) is 9.21. The van der Waals surface area contributed by atoms with Gasteiger partial charge in [-0.1, -0.05) is 42.2 Å². The van der Waals surface area contributed by atoms with Gasteiger partial charge in [-0.05, 0) is 42.6 Å². The molecule has 0 bridgehead atoms. The number of azo groups is 1. The molecule has 5 aromatic rings. The van der Waals surface area contributed by atoms with Crippen LogP contribution in [0.3, 0.4) is 0 Å². The molecule has 2 atom stereocenters. The summed E-state index contributed by atoms with van der Waals surface area (Å²) in [5.74, 6) is 5.92. The number of nitrogens with zero attached hydrogens (tertiary/aromatic N) is 6. The van der Waals surface area contributed by atoms with E-state index in [1.54, 1.807) is 23.0 Å². The molecule has 6 rings (SSSR count). The van der Waals surface area contributed by atoms with Crippen LogP contribution in [0.1, 0.15) is 41.0 Å². The van der Waals surface area contributed by atoms with E-state index in [1.807, 2.05) is 61.5 Å². The lowest BCUT2D eigenvalue weighted by atomic mass is 10.0. The van der Waals surface area contributed by atoms with E-state index in [4.69, 9.17) is 5.73 Å². The molecule has 0 fully saturated rings. The first-order chi connectivity index (χ1) is 19.0. The largest absolute Gasteiger partial charge is 0.381 e. The van der Waals surface area contributed by atoms with Crippen LogP contribution in [0.15, 0.2) is 88.1 Å². The van der Waals surface area contributed by atoms with Gasteiger partial charge in [0, 0.05) is 35.8 Å². The topological polar surface area (TPSA) is 132 Å². The summed E-state index contributed by atoms with van der Waals surface area (Å²) in [6.45, 7) is 2.49. The minimum Gasteiger partial charge on any atom is -0.381 e. The highest BCUT2D eigenvalue weighted by Gasteiger charge is 2.24. The standard InChI is InChI=1S/C29H24N8O2/c1-18(33-28(38)25-26(30)35-36-16-6-14-31-27(25)36)23-17-20-8-5-7-19(11-12-21-13-15-32-34-21)24(20)29(39)37(23)22-9-3-2-4-10-22/h2-10,14,16-18,21H,13,15H2,1H3,(H2,30,35)(H,33,38). The molecule has 3 N–H and O–H groups in total. The highest BCUT2D eigenvalue weighted by Crippen LogP contribution is 2.24. The molecule has 39 heavy (non-hydrogen) atoms. The summed E-state index contributed by atoms with van der Waals surface area (Å²) >= 11 is 0. The number of nitrogens with one attached hydrogen (secondary N) is 1. The minimum atomic E-state index is -0.568. The van der Waals surface area contributed by atoms with Crippen LogP contribution in [-0.2, 0) is 0 Å². The van der Waals surface area contributed by atoms with Crippen molar-refractivity contribution < 1.29 is 4.79 Å². The van der Waals surface area contributed by atoms with Crippen LogP contribution < -0.4 is 16.6 Å². The molecule has 4 heterocycles. The Hall–Kier alpha value is -5.30. The maximum atomic E-state index is 14.1. The number of carbonyl (C=O) groups excluding carboxylic acids is 1. The first-order valence-corrected chi connectivity index (χ1v) is 12.5. The Balaban J connectivity index is 1.47. The van der Waals surface area contributed by atoms with Gasteiger partial charge in [-0.25, -0.2) is 9.50 Å². The van der Waals surface area contributed by atoms with E-state index in [2.05, 4.69) is 37.5 Å². The summed E-state index contributed by atoms with van der Waals surface area (Å²) in [4.78, 5) is 31.7. The van der Waals surface area contributed by atoms with Gasteiger partial charge in [-0.15, -0.1) is 5.10 Å². The first kappa shape index (κ1) is 24.1. The number of hydrogen-bond acceptors (Lipinski definition) is 7. The summed E-state index contributed by atoms with van der Waals surface area (Å²) in [6, 6.07) is 17.8. The summed E-state index contributed by atoms with van der Waals surface area (Å²) in [5, 5.41) is 16.5. The Kier molecular flexibility index (Phi) is 6.09. The van der Waals surface area contributed by atoms with E-state index < -0.39 is 11.9 Å². The zero-order valence-corrected chi connectivity index (χ0v) is 21.1. The lowest BCUT2D eigenvalue weighted by molar-refractivity contribution is 0.0941. The quantitative estimate of drug-likeness (QED) is 0.352. The number of nitrogens with two attached hydrogens (primary N) is 1. The predicted molar refractivity (Wildman–Crippen MR) is 148 cm³/mol. The molecule has 2 unspecified atom stereocenters. The van der Waals surface area contributed by atoms with E-state index >= 15 is 0 Å². The lowest BCUT2D eigenvalue weighted by Crippen LogP contribution is -2.32. The number of amides is 1. The number of aromatic nitrogens is 4. The van der Waals surface area contributed by atoms with Gasteiger partial charge in [0.25, 0.3) is 11.5 Å². The molecule has 1 aliphatic rings. The molecule has 192 valence electrons. The number of hydrogen-bond donors (Lipinski definition) is 2. The summed E-state index contributed by atoms with van der Waals surface area (Å²) in [7, 11) is 0. The van der Waals surface area contributed by atoms with Crippen molar-refractivity contribution in [1.82, 2.24) is 24.5 Å². The zero-order valence-electron chi connectivity index (χ0n) is 21.1. The third-order valence-corrected chi connectivity index (χ3v) is 6.63. The molecule has 0 radical (unpaired) electrons. The molecule has 10 nitrogen and oxygen atoms in total. The molecule has 0 spiro atoms. The van der Waals surface area contributed by atoms with Crippen molar-refractivity contribution in [2.75, 3.05) is 12.3 Å². The van der Waals surface area contributed by atoms with Gasteiger partial charge in [-0.2, -0.15) is 10.2 Å². The number of anilines is 1. The Bertz CT molecular complexity index is 1880. The second-order valence-corrected chi connectivity index (χ2v) is 9.21. The smallest absolute Gasteiger partial charge is 0.264 e. The van der Waals surface area contributed by atoms with Crippen molar-refractivity contribution in [3.8, 4) is 17.5 Å². The average Bonchev–Trinajstić information content (AvgIpc) is 3.59. The molecule has 0 saturated carbocycles. The molecule has 0 aliphatic carbocycles. The van der Waals surface area contributed by atoms with Crippen LogP contribution in [0.4, 0.5) is 5.82 Å². The van der Waals surface area contributed by atoms with Gasteiger partial charge in [0.2, 0.25) is 0 Å². The highest BCUT2D eigenvalue weighted by atomic mass is 16.2. The Morgan fingerprint density at radius 3 is 2.79 bits per heavy atom. The molecular formula is C29H24N8O2. The van der Waals surface area contributed by atoms with E-state index in [1.165, 1.54) is 4.52 Å². The molecule has 0 saturated heterocycles. The molecule has 1 aliphatic heterocycles. The van der Waals surface area contributed by atoms with Gasteiger partial charge < -0.3 is 11.1 Å². The van der Waals surface area contributed by atoms with Gasteiger partial charge in [0.05, 0.1) is 18.0 Å². The molecule has 3 aromatic heterocycles. The number of pyridine rings is 1. The normalized spacial score (nSPS) is 15.3. The molecule has 2 aromatic carbocycles. The highest BCUT2D eigenvalue weighted by molar-refractivity contribution is 6.04. The Morgan fingerprint density at radius 1 is 1.15 bits per heavy atom. The molecule has 1 amide bonds. The fraction of sp³-hybridized carbons (Fsp3) is 0.172. The predicted octanol–water partition coefficient (Wildman–Crippen LogP) is 3.68. The fourth-order valence-corrected chi connectivity index (χ4v) is 4.77. The van der Waals surface area contributed by atoms with Crippen molar-refractivity contribution in [3.63, 3.8) is 0 Å². The van der Waals surface area contributed by atoms with Gasteiger partial charge >= 0.3 is 0 Å². The number of para-hydroxylation sites is 1. The number of carbonyl (C=O) groups is 1. The first-order valence-electron chi connectivity index (χ1n) is 12.5. The summed E-state index contributed by atoms with van der Waals surface area (Å²) < 4.78 is 3.08. The SMILES string of the molecule is CC(NC(=O)c1c(N)nn2cccnc12)c1cc2cccc(C#CC3CCN=N3)c2c(=O)n1-c1ccccc1. The van der Waals surface area contributed by atoms with Crippen molar-refractivity contribution in [2.45, 2.75) is 25.4 Å². The van der Waals surface area contributed by atoms with Crippen LogP contribution >= 0.6 is 0 Å². The zero-order chi connectivity index (χ0) is 26.9. The van der Waals surface area contributed by atoms with E-state index in [0.29, 0.717) is 34.5 Å². The van der Waals surface area contributed by atoms with Crippen LogP contribution in [0.2, 0.25) is 0 Å². The average molecular weight is 517 g/mol. The monoisotopic (exact) mass is 516 g/mol. The maximum Gasteiger partial charge on any atom is 0.264 e. The lowest BCUT2D eigenvalue weighted by Gasteiger charge is -2.21. The second kappa shape index (κ2) is 9.87. The molecular weight excluding hydrogens is 492 g/mol. The summed E-state index contributed by atoms with van der Waals surface area (Å²) in [6.07, 6.45) is 4.02. The van der Waals surface area contributed by atoms with Crippen molar-refractivity contribution in [1.29, 1.82) is 0 Å². The van der Waals surface area contributed by atoms with E-state index in [0.717, 1.165) is 11.8 Å². The van der Waals surface area contributed by atoms with Gasteiger partial charge in [-0.3, -0.25) is 14.2 Å². The van der Waals surface area contributed by atoms with Gasteiger partial charge in [0.15, 0.2) is 11.5 Å². The Labute approximate surface area is 223 Å². The van der Waals surface area contributed by atoms with Crippen LogP contribution in [0, 0.1) is 11.8 Å². The number of fused-ring (bicyclic) bond motifs is 2.